The molecule has 4 nitrogen and oxygen atoms in total. The summed E-state index contributed by atoms with van der Waals surface area (Å²) in [4.78, 5) is 0. The molecular formula is C12H9ClN2O2S. The standard InChI is InChI=1S/C12H9ClN2O2S/c1-18(16,17)11-10(12(11,6-14)7-15)8-2-4-9(13)5-3-8/h2-5,10-11H,1H3/t10-,11+/m0/s1. The van der Waals surface area contributed by atoms with Crippen LogP contribution in [0.15, 0.2) is 24.3 Å². The third kappa shape index (κ3) is 1.77. The van der Waals surface area contributed by atoms with Crippen molar-refractivity contribution in [2.75, 3.05) is 6.26 Å². The smallest absolute Gasteiger partial charge is 0.169 e. The summed E-state index contributed by atoms with van der Waals surface area (Å²) < 4.78 is 23.3. The average Bonchev–Trinajstić information content (AvgIpc) is 3.00. The van der Waals surface area contributed by atoms with Crippen molar-refractivity contribution in [3.8, 4) is 12.1 Å². The van der Waals surface area contributed by atoms with E-state index in [4.69, 9.17) is 22.1 Å². The van der Waals surface area contributed by atoms with E-state index in [-0.39, 0.29) is 0 Å². The number of hydrogen-bond donors (Lipinski definition) is 0. The van der Waals surface area contributed by atoms with E-state index in [0.29, 0.717) is 10.6 Å². The second-order valence-electron chi connectivity index (χ2n) is 4.37. The molecule has 1 saturated carbocycles. The molecule has 18 heavy (non-hydrogen) atoms. The highest BCUT2D eigenvalue weighted by Crippen LogP contribution is 2.62. The number of nitrogens with zero attached hydrogens (tertiary/aromatic N) is 2. The summed E-state index contributed by atoms with van der Waals surface area (Å²) in [5.74, 6) is -0.597. The van der Waals surface area contributed by atoms with Gasteiger partial charge in [-0.3, -0.25) is 0 Å². The Balaban J connectivity index is 2.50. The number of nitriles is 2. The number of rotatable bonds is 2. The first kappa shape index (κ1) is 12.9. The highest BCUT2D eigenvalue weighted by atomic mass is 35.5. The lowest BCUT2D eigenvalue weighted by Gasteiger charge is -1.99. The van der Waals surface area contributed by atoms with Gasteiger partial charge in [-0.25, -0.2) is 8.42 Å². The number of sulfone groups is 1. The molecule has 1 fully saturated rings. The van der Waals surface area contributed by atoms with Crippen LogP contribution in [-0.2, 0) is 9.84 Å². The van der Waals surface area contributed by atoms with E-state index in [9.17, 15) is 8.42 Å². The maximum absolute atomic E-state index is 11.6. The fourth-order valence-corrected chi connectivity index (χ4v) is 4.18. The summed E-state index contributed by atoms with van der Waals surface area (Å²) in [7, 11) is -3.45. The van der Waals surface area contributed by atoms with Gasteiger partial charge in [-0.05, 0) is 17.7 Å². The lowest BCUT2D eigenvalue weighted by molar-refractivity contribution is 0.597. The molecule has 0 N–H and O–H groups in total. The Hall–Kier alpha value is -1.56. The van der Waals surface area contributed by atoms with Crippen LogP contribution in [0.5, 0.6) is 0 Å². The molecule has 6 heteroatoms. The first-order valence-electron chi connectivity index (χ1n) is 5.13. The minimum atomic E-state index is -3.45. The molecule has 0 saturated heterocycles. The third-order valence-electron chi connectivity index (χ3n) is 3.19. The Morgan fingerprint density at radius 2 is 1.72 bits per heavy atom. The topological polar surface area (TPSA) is 81.7 Å². The molecule has 0 unspecified atom stereocenters. The molecule has 0 bridgehead atoms. The Kier molecular flexibility index (Phi) is 2.85. The molecule has 0 spiro atoms. The summed E-state index contributed by atoms with van der Waals surface area (Å²) in [6.07, 6.45) is 1.05. The van der Waals surface area contributed by atoms with Crippen molar-refractivity contribution in [2.45, 2.75) is 11.2 Å². The van der Waals surface area contributed by atoms with Crippen molar-refractivity contribution in [2.24, 2.45) is 5.41 Å². The quantitative estimate of drug-likeness (QED) is 0.828. The van der Waals surface area contributed by atoms with Gasteiger partial charge in [0.25, 0.3) is 0 Å². The Morgan fingerprint density at radius 1 is 1.22 bits per heavy atom. The van der Waals surface area contributed by atoms with Crippen LogP contribution in [0.3, 0.4) is 0 Å². The van der Waals surface area contributed by atoms with Gasteiger partial charge in [-0.15, -0.1) is 0 Å². The average molecular weight is 281 g/mol. The van der Waals surface area contributed by atoms with Crippen LogP contribution in [0.25, 0.3) is 0 Å². The number of halogens is 1. The van der Waals surface area contributed by atoms with E-state index in [1.165, 1.54) is 0 Å². The van der Waals surface area contributed by atoms with Gasteiger partial charge < -0.3 is 0 Å². The van der Waals surface area contributed by atoms with Crippen LogP contribution in [0.2, 0.25) is 5.02 Å². The first-order chi connectivity index (χ1) is 8.36. The van der Waals surface area contributed by atoms with Gasteiger partial charge in [0, 0.05) is 17.2 Å². The van der Waals surface area contributed by atoms with Gasteiger partial charge in [0.15, 0.2) is 15.3 Å². The van der Waals surface area contributed by atoms with Gasteiger partial charge in [0.05, 0.1) is 12.1 Å². The van der Waals surface area contributed by atoms with Crippen molar-refractivity contribution >= 4 is 21.4 Å². The molecule has 1 aliphatic carbocycles. The highest BCUT2D eigenvalue weighted by molar-refractivity contribution is 7.91. The van der Waals surface area contributed by atoms with Crippen LogP contribution in [-0.4, -0.2) is 19.9 Å². The lowest BCUT2D eigenvalue weighted by atomic mass is 10.0. The molecule has 0 aliphatic heterocycles. The van der Waals surface area contributed by atoms with E-state index >= 15 is 0 Å². The maximum Gasteiger partial charge on any atom is 0.169 e. The van der Waals surface area contributed by atoms with Crippen molar-refractivity contribution in [3.05, 3.63) is 34.9 Å². The summed E-state index contributed by atoms with van der Waals surface area (Å²) in [5.41, 5.74) is -0.820. The van der Waals surface area contributed by atoms with Gasteiger partial charge in [-0.1, -0.05) is 23.7 Å². The van der Waals surface area contributed by atoms with Crippen molar-refractivity contribution in [3.63, 3.8) is 0 Å². The van der Waals surface area contributed by atoms with Crippen LogP contribution in [0.4, 0.5) is 0 Å². The van der Waals surface area contributed by atoms with Crippen LogP contribution in [0, 0.1) is 28.1 Å². The number of benzene rings is 1. The zero-order valence-electron chi connectivity index (χ0n) is 9.46. The molecule has 2 atom stereocenters. The molecular weight excluding hydrogens is 272 g/mol. The monoisotopic (exact) mass is 280 g/mol. The summed E-state index contributed by atoms with van der Waals surface area (Å²) in [5, 5.41) is 17.8. The summed E-state index contributed by atoms with van der Waals surface area (Å²) in [6, 6.07) is 10.2. The second-order valence-corrected chi connectivity index (χ2v) is 6.98. The van der Waals surface area contributed by atoms with E-state index < -0.39 is 26.4 Å². The van der Waals surface area contributed by atoms with E-state index in [0.717, 1.165) is 6.26 Å². The number of hydrogen-bond acceptors (Lipinski definition) is 4. The van der Waals surface area contributed by atoms with Crippen molar-refractivity contribution in [1.29, 1.82) is 10.5 Å². The molecule has 0 radical (unpaired) electrons. The summed E-state index contributed by atoms with van der Waals surface area (Å²) in [6.45, 7) is 0. The third-order valence-corrected chi connectivity index (χ3v) is 5.01. The molecule has 1 aromatic carbocycles. The predicted molar refractivity (Wildman–Crippen MR) is 66.5 cm³/mol. The van der Waals surface area contributed by atoms with Crippen LogP contribution in [0.1, 0.15) is 11.5 Å². The Labute approximate surface area is 110 Å². The lowest BCUT2D eigenvalue weighted by Crippen LogP contribution is -2.11. The SMILES string of the molecule is CS(=O)(=O)[C@@H]1[C@H](c2ccc(Cl)cc2)C1(C#N)C#N. The minimum absolute atomic E-state index is 0.523. The van der Waals surface area contributed by atoms with Gasteiger partial charge in [0.2, 0.25) is 0 Å². The zero-order chi connectivity index (χ0) is 13.6. The molecule has 0 heterocycles. The zero-order valence-corrected chi connectivity index (χ0v) is 11.0. The van der Waals surface area contributed by atoms with Crippen molar-refractivity contribution in [1.82, 2.24) is 0 Å². The Bertz CT molecular complexity index is 654. The fraction of sp³-hybridized carbons (Fsp3) is 0.333. The molecule has 1 aliphatic rings. The maximum atomic E-state index is 11.6. The fourth-order valence-electron chi connectivity index (χ4n) is 2.34. The minimum Gasteiger partial charge on any atom is -0.229 e. The highest BCUT2D eigenvalue weighted by Gasteiger charge is 2.72. The molecule has 0 amide bonds. The van der Waals surface area contributed by atoms with Gasteiger partial charge in [-0.2, -0.15) is 10.5 Å². The van der Waals surface area contributed by atoms with Gasteiger partial charge >= 0.3 is 0 Å². The first-order valence-corrected chi connectivity index (χ1v) is 7.47. The Morgan fingerprint density at radius 3 is 2.06 bits per heavy atom. The second kappa shape index (κ2) is 3.98. The predicted octanol–water partition coefficient (Wildman–Crippen LogP) is 1.88. The largest absolute Gasteiger partial charge is 0.229 e. The van der Waals surface area contributed by atoms with Gasteiger partial charge in [0.1, 0.15) is 5.25 Å². The summed E-state index contributed by atoms with van der Waals surface area (Å²) >= 11 is 5.75. The van der Waals surface area contributed by atoms with E-state index in [1.54, 1.807) is 24.3 Å². The molecule has 92 valence electrons. The van der Waals surface area contributed by atoms with Crippen LogP contribution >= 0.6 is 11.6 Å². The van der Waals surface area contributed by atoms with Crippen LogP contribution < -0.4 is 0 Å². The van der Waals surface area contributed by atoms with E-state index in [1.807, 2.05) is 12.1 Å². The van der Waals surface area contributed by atoms with Crippen molar-refractivity contribution < 1.29 is 8.42 Å². The molecule has 0 aromatic heterocycles. The normalized spacial score (nSPS) is 24.9. The van der Waals surface area contributed by atoms with E-state index in [2.05, 4.69) is 0 Å². The molecule has 1 aromatic rings. The molecule has 2 rings (SSSR count).